The Labute approximate surface area is 117 Å². The first-order valence-electron chi connectivity index (χ1n) is 5.92. The molecule has 0 saturated carbocycles. The van der Waals surface area contributed by atoms with Crippen molar-refractivity contribution < 1.29 is 9.13 Å². The van der Waals surface area contributed by atoms with E-state index in [1.165, 1.54) is 6.07 Å². The number of methoxy groups -OCH3 is 1. The van der Waals surface area contributed by atoms with Gasteiger partial charge in [-0.3, -0.25) is 0 Å². The van der Waals surface area contributed by atoms with E-state index in [4.69, 9.17) is 16.3 Å². The second-order valence-electron chi connectivity index (χ2n) is 4.18. The van der Waals surface area contributed by atoms with Crippen LogP contribution in [0.25, 0.3) is 11.1 Å². The summed E-state index contributed by atoms with van der Waals surface area (Å²) in [6.45, 7) is 0.634. The Morgan fingerprint density at radius 1 is 1.16 bits per heavy atom. The highest BCUT2D eigenvalue weighted by Crippen LogP contribution is 2.30. The highest BCUT2D eigenvalue weighted by atomic mass is 35.5. The summed E-state index contributed by atoms with van der Waals surface area (Å²) in [4.78, 5) is 0. The first kappa shape index (κ1) is 13.8. The second-order valence-corrected chi connectivity index (χ2v) is 4.61. The van der Waals surface area contributed by atoms with E-state index in [1.807, 2.05) is 25.2 Å². The van der Waals surface area contributed by atoms with Gasteiger partial charge in [-0.05, 0) is 48.5 Å². The molecule has 1 N–H and O–H groups in total. The van der Waals surface area contributed by atoms with Gasteiger partial charge in [0, 0.05) is 17.1 Å². The molecular formula is C15H15ClFNO. The van der Waals surface area contributed by atoms with Gasteiger partial charge in [-0.1, -0.05) is 17.7 Å². The van der Waals surface area contributed by atoms with Gasteiger partial charge >= 0.3 is 0 Å². The molecule has 0 bridgehead atoms. The Balaban J connectivity index is 2.54. The molecule has 0 radical (unpaired) electrons. The lowest BCUT2D eigenvalue weighted by molar-refractivity contribution is 0.414. The van der Waals surface area contributed by atoms with E-state index < -0.39 is 0 Å². The highest BCUT2D eigenvalue weighted by Gasteiger charge is 2.11. The summed E-state index contributed by atoms with van der Waals surface area (Å²) in [5.41, 5.74) is 2.35. The fourth-order valence-electron chi connectivity index (χ4n) is 2.00. The lowest BCUT2D eigenvalue weighted by Gasteiger charge is -2.12. The van der Waals surface area contributed by atoms with E-state index in [0.717, 1.165) is 16.9 Å². The first-order chi connectivity index (χ1) is 9.15. The molecule has 0 aliphatic heterocycles. The average Bonchev–Trinajstić information content (AvgIpc) is 2.40. The van der Waals surface area contributed by atoms with Crippen LogP contribution in [0.1, 0.15) is 5.56 Å². The van der Waals surface area contributed by atoms with Crippen molar-refractivity contribution in [3.8, 4) is 16.9 Å². The molecule has 0 spiro atoms. The smallest absolute Gasteiger partial charge is 0.132 e. The zero-order valence-electron chi connectivity index (χ0n) is 10.8. The number of rotatable bonds is 4. The fraction of sp³-hybridized carbons (Fsp3) is 0.200. The molecule has 2 rings (SSSR count). The fourth-order valence-corrected chi connectivity index (χ4v) is 2.16. The monoisotopic (exact) mass is 279 g/mol. The Morgan fingerprint density at radius 2 is 1.89 bits per heavy atom. The summed E-state index contributed by atoms with van der Waals surface area (Å²) < 4.78 is 19.2. The summed E-state index contributed by atoms with van der Waals surface area (Å²) in [7, 11) is 3.46. The number of benzene rings is 2. The third-order valence-electron chi connectivity index (χ3n) is 2.90. The average molecular weight is 280 g/mol. The minimum absolute atomic E-state index is 0.324. The number of halogens is 2. The summed E-state index contributed by atoms with van der Waals surface area (Å²) in [6, 6.07) is 10.3. The molecule has 2 aromatic carbocycles. The Hall–Kier alpha value is -1.58. The van der Waals surface area contributed by atoms with Crippen molar-refractivity contribution >= 4 is 11.6 Å². The van der Waals surface area contributed by atoms with Crippen molar-refractivity contribution in [1.29, 1.82) is 0 Å². The summed E-state index contributed by atoms with van der Waals surface area (Å²) in [5.74, 6) is 0.429. The largest absolute Gasteiger partial charge is 0.497 e. The van der Waals surface area contributed by atoms with Gasteiger partial charge in [0.05, 0.1) is 7.11 Å². The Bertz CT molecular complexity index is 586. The summed E-state index contributed by atoms with van der Waals surface area (Å²) >= 11 is 5.78. The maximum atomic E-state index is 14.0. The third-order valence-corrected chi connectivity index (χ3v) is 3.14. The van der Waals surface area contributed by atoms with Gasteiger partial charge in [-0.15, -0.1) is 0 Å². The predicted molar refractivity (Wildman–Crippen MR) is 76.2 cm³/mol. The minimum atomic E-state index is -0.324. The molecule has 0 atom stereocenters. The predicted octanol–water partition coefficient (Wildman–Crippen LogP) is 3.87. The van der Waals surface area contributed by atoms with Gasteiger partial charge < -0.3 is 10.1 Å². The highest BCUT2D eigenvalue weighted by molar-refractivity contribution is 6.30. The molecule has 0 saturated heterocycles. The third kappa shape index (κ3) is 3.06. The molecule has 2 aromatic rings. The lowest BCUT2D eigenvalue weighted by atomic mass is 9.99. The van der Waals surface area contributed by atoms with Crippen molar-refractivity contribution in [2.75, 3.05) is 14.2 Å². The van der Waals surface area contributed by atoms with Crippen LogP contribution in [0.4, 0.5) is 4.39 Å². The van der Waals surface area contributed by atoms with Crippen LogP contribution in [0.3, 0.4) is 0 Å². The van der Waals surface area contributed by atoms with Gasteiger partial charge in [0.2, 0.25) is 0 Å². The molecule has 4 heteroatoms. The standard InChI is InChI=1S/C15H15ClFNO/c1-18-9-10-7-12(19-2)4-6-13(10)14-5-3-11(16)8-15(14)17/h3-8,18H,9H2,1-2H3. The van der Waals surface area contributed by atoms with E-state index in [1.54, 1.807) is 19.2 Å². The Morgan fingerprint density at radius 3 is 2.53 bits per heavy atom. The van der Waals surface area contributed by atoms with Gasteiger partial charge in [0.25, 0.3) is 0 Å². The normalized spacial score (nSPS) is 10.5. The molecule has 0 amide bonds. The number of hydrogen-bond acceptors (Lipinski definition) is 2. The number of ether oxygens (including phenoxy) is 1. The molecule has 0 fully saturated rings. The molecule has 0 aliphatic rings. The molecular weight excluding hydrogens is 265 g/mol. The molecule has 19 heavy (non-hydrogen) atoms. The molecule has 0 unspecified atom stereocenters. The van der Waals surface area contributed by atoms with E-state index in [-0.39, 0.29) is 5.82 Å². The maximum absolute atomic E-state index is 14.0. The number of hydrogen-bond donors (Lipinski definition) is 1. The van der Waals surface area contributed by atoms with Crippen molar-refractivity contribution in [3.63, 3.8) is 0 Å². The summed E-state index contributed by atoms with van der Waals surface area (Å²) in [6.07, 6.45) is 0. The van der Waals surface area contributed by atoms with Crippen LogP contribution in [0.15, 0.2) is 36.4 Å². The van der Waals surface area contributed by atoms with Crippen LogP contribution in [-0.2, 0) is 6.54 Å². The lowest BCUT2D eigenvalue weighted by Crippen LogP contribution is -2.07. The molecule has 0 heterocycles. The van der Waals surface area contributed by atoms with Crippen molar-refractivity contribution in [3.05, 3.63) is 52.8 Å². The molecule has 2 nitrogen and oxygen atoms in total. The molecule has 100 valence electrons. The quantitative estimate of drug-likeness (QED) is 0.917. The van der Waals surface area contributed by atoms with Gasteiger partial charge in [0.15, 0.2) is 0 Å². The van der Waals surface area contributed by atoms with Crippen LogP contribution in [0.5, 0.6) is 5.75 Å². The zero-order valence-corrected chi connectivity index (χ0v) is 11.6. The maximum Gasteiger partial charge on any atom is 0.132 e. The van der Waals surface area contributed by atoms with Crippen LogP contribution in [0.2, 0.25) is 5.02 Å². The van der Waals surface area contributed by atoms with Crippen LogP contribution < -0.4 is 10.1 Å². The first-order valence-corrected chi connectivity index (χ1v) is 6.30. The van der Waals surface area contributed by atoms with Gasteiger partial charge in [-0.2, -0.15) is 0 Å². The zero-order chi connectivity index (χ0) is 13.8. The second kappa shape index (κ2) is 6.04. The topological polar surface area (TPSA) is 21.3 Å². The van der Waals surface area contributed by atoms with E-state index in [9.17, 15) is 4.39 Å². The Kier molecular flexibility index (Phi) is 4.40. The van der Waals surface area contributed by atoms with Crippen molar-refractivity contribution in [2.45, 2.75) is 6.54 Å². The minimum Gasteiger partial charge on any atom is -0.497 e. The van der Waals surface area contributed by atoms with Crippen molar-refractivity contribution in [1.82, 2.24) is 5.32 Å². The van der Waals surface area contributed by atoms with Crippen LogP contribution >= 0.6 is 11.6 Å². The van der Waals surface area contributed by atoms with Crippen molar-refractivity contribution in [2.24, 2.45) is 0 Å². The molecule has 0 aliphatic carbocycles. The van der Waals surface area contributed by atoms with Gasteiger partial charge in [0.1, 0.15) is 11.6 Å². The van der Waals surface area contributed by atoms with Crippen LogP contribution in [-0.4, -0.2) is 14.2 Å². The van der Waals surface area contributed by atoms with Crippen LogP contribution in [0, 0.1) is 5.82 Å². The van der Waals surface area contributed by atoms with E-state index >= 15 is 0 Å². The summed E-state index contributed by atoms with van der Waals surface area (Å²) in [5, 5.41) is 3.47. The van der Waals surface area contributed by atoms with E-state index in [2.05, 4.69) is 5.32 Å². The SMILES string of the molecule is CNCc1cc(OC)ccc1-c1ccc(Cl)cc1F. The molecule has 0 aromatic heterocycles. The van der Waals surface area contributed by atoms with E-state index in [0.29, 0.717) is 17.1 Å². The van der Waals surface area contributed by atoms with Gasteiger partial charge in [-0.25, -0.2) is 4.39 Å². The number of nitrogens with one attached hydrogen (secondary N) is 1.